The van der Waals surface area contributed by atoms with E-state index in [0.717, 1.165) is 5.56 Å². The molecule has 0 unspecified atom stereocenters. The molecule has 0 aliphatic carbocycles. The van der Waals surface area contributed by atoms with Gasteiger partial charge in [0, 0.05) is 26.1 Å². The van der Waals surface area contributed by atoms with Crippen molar-refractivity contribution in [3.63, 3.8) is 0 Å². The van der Waals surface area contributed by atoms with Crippen LogP contribution in [0.25, 0.3) is 0 Å². The Kier molecular flexibility index (Phi) is 1.91. The Morgan fingerprint density at radius 2 is 2.29 bits per heavy atom. The molecule has 4 nitrogen and oxygen atoms in total. The summed E-state index contributed by atoms with van der Waals surface area (Å²) in [5.74, 6) is 0.910. The number of furan rings is 1. The highest BCUT2D eigenvalue weighted by molar-refractivity contribution is 5.92. The molecule has 0 N–H and O–H groups in total. The predicted molar refractivity (Wildman–Crippen MR) is 48.9 cm³/mol. The maximum Gasteiger partial charge on any atom is 0.230 e. The summed E-state index contributed by atoms with van der Waals surface area (Å²) >= 11 is 0. The number of hydrogen-bond donors (Lipinski definition) is 0. The van der Waals surface area contributed by atoms with E-state index >= 15 is 0 Å². The average molecular weight is 193 g/mol. The minimum atomic E-state index is -0.102. The third-order valence-corrected chi connectivity index (χ3v) is 2.39. The van der Waals surface area contributed by atoms with Crippen LogP contribution in [0, 0.1) is 0 Å². The summed E-state index contributed by atoms with van der Waals surface area (Å²) in [7, 11) is 1.74. The lowest BCUT2D eigenvalue weighted by molar-refractivity contribution is -0.130. The molecule has 4 heteroatoms. The van der Waals surface area contributed by atoms with Crippen LogP contribution in [0.15, 0.2) is 10.5 Å². The van der Waals surface area contributed by atoms with E-state index in [9.17, 15) is 9.59 Å². The molecule has 0 fully saturated rings. The van der Waals surface area contributed by atoms with Gasteiger partial charge in [-0.2, -0.15) is 0 Å². The summed E-state index contributed by atoms with van der Waals surface area (Å²) in [5.41, 5.74) is 0.942. The summed E-state index contributed by atoms with van der Waals surface area (Å²) in [6.45, 7) is 1.99. The molecule has 1 amide bonds. The normalized spacial score (nSPS) is 15.6. The minimum absolute atomic E-state index is 0.0296. The molecule has 2 heterocycles. The topological polar surface area (TPSA) is 50.5 Å². The van der Waals surface area contributed by atoms with Crippen molar-refractivity contribution >= 4 is 11.7 Å². The van der Waals surface area contributed by atoms with E-state index in [1.54, 1.807) is 18.0 Å². The summed E-state index contributed by atoms with van der Waals surface area (Å²) < 4.78 is 5.29. The largest absolute Gasteiger partial charge is 0.457 e. The van der Waals surface area contributed by atoms with Crippen LogP contribution in [0.1, 0.15) is 28.8 Å². The van der Waals surface area contributed by atoms with Gasteiger partial charge in [-0.25, -0.2) is 0 Å². The van der Waals surface area contributed by atoms with E-state index in [4.69, 9.17) is 4.42 Å². The van der Waals surface area contributed by atoms with Crippen molar-refractivity contribution in [2.24, 2.45) is 0 Å². The lowest BCUT2D eigenvalue weighted by Gasteiger charge is -2.20. The Bertz CT molecular complexity index is 405. The second-order valence-electron chi connectivity index (χ2n) is 3.54. The van der Waals surface area contributed by atoms with Gasteiger partial charge in [-0.1, -0.05) is 0 Å². The number of likely N-dealkylation sites (N-methyl/N-ethyl adjacent to an activating group) is 1. The Hall–Kier alpha value is -1.58. The van der Waals surface area contributed by atoms with Crippen LogP contribution in [0.5, 0.6) is 0 Å². The molecule has 0 spiro atoms. The van der Waals surface area contributed by atoms with Gasteiger partial charge in [0.2, 0.25) is 5.91 Å². The van der Waals surface area contributed by atoms with Crippen LogP contribution in [0.3, 0.4) is 0 Å². The Morgan fingerprint density at radius 1 is 1.57 bits per heavy atom. The Morgan fingerprint density at radius 3 is 2.93 bits per heavy atom. The molecule has 0 bridgehead atoms. The molecule has 0 atom stereocenters. The van der Waals surface area contributed by atoms with E-state index in [0.29, 0.717) is 18.1 Å². The summed E-state index contributed by atoms with van der Waals surface area (Å²) in [4.78, 5) is 24.0. The highest BCUT2D eigenvalue weighted by Gasteiger charge is 2.24. The zero-order valence-electron chi connectivity index (χ0n) is 8.16. The van der Waals surface area contributed by atoms with E-state index in [2.05, 4.69) is 0 Å². The van der Waals surface area contributed by atoms with Crippen LogP contribution in [0.4, 0.5) is 0 Å². The highest BCUT2D eigenvalue weighted by Crippen LogP contribution is 2.22. The van der Waals surface area contributed by atoms with E-state index in [-0.39, 0.29) is 18.1 Å². The van der Waals surface area contributed by atoms with Crippen molar-refractivity contribution in [3.8, 4) is 0 Å². The quantitative estimate of drug-likeness (QED) is 0.625. The van der Waals surface area contributed by atoms with Crippen LogP contribution in [-0.4, -0.2) is 23.6 Å². The predicted octanol–water partition coefficient (Wildman–Crippen LogP) is 0.997. The molecular weight excluding hydrogens is 182 g/mol. The summed E-state index contributed by atoms with van der Waals surface area (Å²) in [6, 6.07) is 1.72. The first kappa shape index (κ1) is 8.99. The second kappa shape index (κ2) is 2.97. The van der Waals surface area contributed by atoms with Gasteiger partial charge in [-0.3, -0.25) is 9.59 Å². The maximum absolute atomic E-state index is 11.3. The molecule has 0 aromatic carbocycles. The number of fused-ring (bicyclic) bond motifs is 1. The number of carbonyl (C=O) groups is 2. The molecule has 1 aliphatic rings. The van der Waals surface area contributed by atoms with Crippen molar-refractivity contribution in [3.05, 3.63) is 23.2 Å². The standard InChI is InChI=1S/C10H11NO3/c1-6(12)8-3-7-5-11(2)10(13)4-9(7)14-8/h3H,4-5H2,1-2H3. The fraction of sp³-hybridized carbons (Fsp3) is 0.400. The summed E-state index contributed by atoms with van der Waals surface area (Å²) in [5, 5.41) is 0. The first-order chi connectivity index (χ1) is 6.58. The van der Waals surface area contributed by atoms with E-state index in [1.165, 1.54) is 6.92 Å². The lowest BCUT2D eigenvalue weighted by Crippen LogP contribution is -2.31. The van der Waals surface area contributed by atoms with Gasteiger partial charge >= 0.3 is 0 Å². The molecule has 0 saturated carbocycles. The maximum atomic E-state index is 11.3. The zero-order chi connectivity index (χ0) is 10.3. The van der Waals surface area contributed by atoms with Crippen LogP contribution in [0.2, 0.25) is 0 Å². The van der Waals surface area contributed by atoms with Crippen molar-refractivity contribution in [1.29, 1.82) is 0 Å². The fourth-order valence-electron chi connectivity index (χ4n) is 1.54. The van der Waals surface area contributed by atoms with Gasteiger partial charge < -0.3 is 9.32 Å². The highest BCUT2D eigenvalue weighted by atomic mass is 16.3. The average Bonchev–Trinajstić information content (AvgIpc) is 2.48. The molecule has 1 aliphatic heterocycles. The molecule has 0 radical (unpaired) electrons. The van der Waals surface area contributed by atoms with Crippen LogP contribution in [-0.2, 0) is 17.8 Å². The molecule has 2 rings (SSSR count). The lowest BCUT2D eigenvalue weighted by atomic mass is 10.1. The Balaban J connectivity index is 2.38. The first-order valence-electron chi connectivity index (χ1n) is 4.44. The van der Waals surface area contributed by atoms with Gasteiger partial charge in [0.25, 0.3) is 0 Å². The molecule has 1 aromatic rings. The third kappa shape index (κ3) is 1.32. The zero-order valence-corrected chi connectivity index (χ0v) is 8.16. The molecule has 14 heavy (non-hydrogen) atoms. The first-order valence-corrected chi connectivity index (χ1v) is 4.44. The van der Waals surface area contributed by atoms with Gasteiger partial charge in [0.15, 0.2) is 11.5 Å². The summed E-state index contributed by atoms with van der Waals surface area (Å²) in [6.07, 6.45) is 0.263. The van der Waals surface area contributed by atoms with Gasteiger partial charge in [-0.15, -0.1) is 0 Å². The minimum Gasteiger partial charge on any atom is -0.457 e. The van der Waals surface area contributed by atoms with Gasteiger partial charge in [0.1, 0.15) is 5.76 Å². The second-order valence-corrected chi connectivity index (χ2v) is 3.54. The number of rotatable bonds is 1. The number of ketones is 1. The van der Waals surface area contributed by atoms with Crippen molar-refractivity contribution < 1.29 is 14.0 Å². The molecule has 0 saturated heterocycles. The Labute approximate surface area is 81.5 Å². The van der Waals surface area contributed by atoms with E-state index < -0.39 is 0 Å². The van der Waals surface area contributed by atoms with Gasteiger partial charge in [-0.05, 0) is 6.07 Å². The monoisotopic (exact) mass is 193 g/mol. The van der Waals surface area contributed by atoms with Crippen LogP contribution < -0.4 is 0 Å². The van der Waals surface area contributed by atoms with Crippen molar-refractivity contribution in [1.82, 2.24) is 4.90 Å². The van der Waals surface area contributed by atoms with Crippen molar-refractivity contribution in [2.45, 2.75) is 19.9 Å². The molecular formula is C10H11NO3. The number of carbonyl (C=O) groups excluding carboxylic acids is 2. The SMILES string of the molecule is CC(=O)c1cc2c(o1)CC(=O)N(C)C2. The molecule has 74 valence electrons. The fourth-order valence-corrected chi connectivity index (χ4v) is 1.54. The number of hydrogen-bond acceptors (Lipinski definition) is 3. The number of amides is 1. The van der Waals surface area contributed by atoms with Crippen LogP contribution >= 0.6 is 0 Å². The van der Waals surface area contributed by atoms with E-state index in [1.807, 2.05) is 0 Å². The molecule has 1 aromatic heterocycles. The number of nitrogens with zero attached hydrogens (tertiary/aromatic N) is 1. The number of Topliss-reactive ketones (excluding diaryl/α,β-unsaturated/α-hetero) is 1. The third-order valence-electron chi connectivity index (χ3n) is 2.39. The van der Waals surface area contributed by atoms with Gasteiger partial charge in [0.05, 0.1) is 6.42 Å². The van der Waals surface area contributed by atoms with Crippen molar-refractivity contribution in [2.75, 3.05) is 7.05 Å². The smallest absolute Gasteiger partial charge is 0.230 e.